The van der Waals surface area contributed by atoms with E-state index in [1.807, 2.05) is 6.92 Å². The predicted molar refractivity (Wildman–Crippen MR) is 243 cm³/mol. The molecule has 0 radical (unpaired) electrons. The molecule has 0 amide bonds. The molecule has 5 unspecified atom stereocenters. The second kappa shape index (κ2) is 21.8. The largest absolute Gasteiger partial charge is 0.491 e. The summed E-state index contributed by atoms with van der Waals surface area (Å²) in [5.74, 6) is 3.43. The van der Waals surface area contributed by atoms with E-state index in [2.05, 4.69) is 118 Å². The normalized spacial score (nSPS) is 24.0. The number of ether oxygens (including phenoxy) is 10. The van der Waals surface area contributed by atoms with Gasteiger partial charge in [-0.3, -0.25) is 0 Å². The van der Waals surface area contributed by atoms with Gasteiger partial charge in [-0.2, -0.15) is 0 Å². The summed E-state index contributed by atoms with van der Waals surface area (Å²) in [5.41, 5.74) is 5.50. The van der Waals surface area contributed by atoms with Gasteiger partial charge in [0.25, 0.3) is 0 Å². The van der Waals surface area contributed by atoms with E-state index in [9.17, 15) is 0 Å². The summed E-state index contributed by atoms with van der Waals surface area (Å²) in [6, 6.07) is 34.5. The van der Waals surface area contributed by atoms with Gasteiger partial charge in [0.1, 0.15) is 67.6 Å². The van der Waals surface area contributed by atoms with Crippen LogP contribution in [0.15, 0.2) is 97.1 Å². The number of hydrogen-bond acceptors (Lipinski definition) is 10. The highest BCUT2D eigenvalue weighted by Crippen LogP contribution is 2.42. The van der Waals surface area contributed by atoms with Crippen molar-refractivity contribution in [3.05, 3.63) is 125 Å². The Balaban J connectivity index is 0.000000234. The lowest BCUT2D eigenvalue weighted by atomic mass is 9.70. The van der Waals surface area contributed by atoms with Crippen LogP contribution < -0.4 is 14.2 Å². The Labute approximate surface area is 374 Å². The lowest BCUT2D eigenvalue weighted by Crippen LogP contribution is -2.26. The van der Waals surface area contributed by atoms with E-state index >= 15 is 0 Å². The first-order valence-corrected chi connectivity index (χ1v) is 23.3. The minimum Gasteiger partial charge on any atom is -0.491 e. The minimum absolute atomic E-state index is 0.179. The molecule has 1 saturated carbocycles. The molecule has 10 rings (SSSR count). The Morgan fingerprint density at radius 1 is 0.413 bits per heavy atom. The van der Waals surface area contributed by atoms with Crippen molar-refractivity contribution in [3.8, 4) is 17.2 Å². The molecular weight excluding hydrogens is 797 g/mol. The van der Waals surface area contributed by atoms with Crippen LogP contribution in [0.5, 0.6) is 17.2 Å². The van der Waals surface area contributed by atoms with Crippen molar-refractivity contribution in [1.29, 1.82) is 0 Å². The Morgan fingerprint density at radius 2 is 0.730 bits per heavy atom. The summed E-state index contributed by atoms with van der Waals surface area (Å²) in [6.45, 7) is 18.2. The first kappa shape index (κ1) is 45.6. The summed E-state index contributed by atoms with van der Waals surface area (Å²) in [5, 5.41) is 0. The van der Waals surface area contributed by atoms with Gasteiger partial charge in [0.15, 0.2) is 0 Å². The van der Waals surface area contributed by atoms with E-state index in [-0.39, 0.29) is 23.7 Å². The number of benzene rings is 4. The maximum atomic E-state index is 5.94. The molecular formula is C53H68O10. The van der Waals surface area contributed by atoms with Crippen molar-refractivity contribution in [2.24, 2.45) is 5.92 Å². The highest BCUT2D eigenvalue weighted by molar-refractivity contribution is 5.53. The van der Waals surface area contributed by atoms with Gasteiger partial charge in [0.2, 0.25) is 0 Å². The fraction of sp³-hybridized carbons (Fsp3) is 0.547. The molecule has 340 valence electrons. The summed E-state index contributed by atoms with van der Waals surface area (Å²) in [4.78, 5) is 0. The first-order chi connectivity index (χ1) is 30.8. The highest BCUT2D eigenvalue weighted by atomic mass is 16.6. The second-order valence-corrected chi connectivity index (χ2v) is 18.3. The average Bonchev–Trinajstić information content (AvgIpc) is 4.12. The van der Waals surface area contributed by atoms with E-state index in [1.54, 1.807) is 0 Å². The predicted octanol–water partition coefficient (Wildman–Crippen LogP) is 9.10. The van der Waals surface area contributed by atoms with Crippen molar-refractivity contribution >= 4 is 0 Å². The van der Waals surface area contributed by atoms with Crippen LogP contribution in [0.1, 0.15) is 87.6 Å². The Kier molecular flexibility index (Phi) is 15.8. The zero-order valence-corrected chi connectivity index (χ0v) is 37.8. The molecule has 5 heterocycles. The molecule has 5 aliphatic heterocycles. The molecule has 0 spiro atoms. The lowest BCUT2D eigenvalue weighted by Gasteiger charge is -2.33. The highest BCUT2D eigenvalue weighted by Gasteiger charge is 2.33. The van der Waals surface area contributed by atoms with Gasteiger partial charge in [-0.25, -0.2) is 0 Å². The molecule has 5 atom stereocenters. The van der Waals surface area contributed by atoms with Gasteiger partial charge in [-0.05, 0) is 96.8 Å². The smallest absolute Gasteiger partial charge is 0.119 e. The molecule has 0 N–H and O–H groups in total. The minimum atomic E-state index is -0.400. The lowest BCUT2D eigenvalue weighted by molar-refractivity contribution is 0.0739. The second-order valence-electron chi connectivity index (χ2n) is 18.3. The Morgan fingerprint density at radius 3 is 1.10 bits per heavy atom. The number of epoxide rings is 5. The monoisotopic (exact) mass is 864 g/mol. The Bertz CT molecular complexity index is 1880. The van der Waals surface area contributed by atoms with Gasteiger partial charge in [-0.1, -0.05) is 93.8 Å². The van der Waals surface area contributed by atoms with Crippen LogP contribution in [0.3, 0.4) is 0 Å². The maximum Gasteiger partial charge on any atom is 0.119 e. The third kappa shape index (κ3) is 14.0. The van der Waals surface area contributed by atoms with Gasteiger partial charge >= 0.3 is 0 Å². The zero-order chi connectivity index (χ0) is 43.5. The van der Waals surface area contributed by atoms with E-state index in [0.717, 1.165) is 82.6 Å². The summed E-state index contributed by atoms with van der Waals surface area (Å²) in [6.07, 6.45) is 8.58. The molecule has 10 nitrogen and oxygen atoms in total. The topological polar surface area (TPSA) is 109 Å². The van der Waals surface area contributed by atoms with E-state index in [1.165, 1.54) is 59.9 Å². The van der Waals surface area contributed by atoms with Gasteiger partial charge in [-0.15, -0.1) is 0 Å². The zero-order valence-electron chi connectivity index (χ0n) is 37.8. The molecule has 6 fully saturated rings. The van der Waals surface area contributed by atoms with Gasteiger partial charge in [0.05, 0.1) is 46.2 Å². The van der Waals surface area contributed by atoms with Crippen molar-refractivity contribution in [2.45, 2.75) is 101 Å². The van der Waals surface area contributed by atoms with Crippen LogP contribution in [0, 0.1) is 5.92 Å². The summed E-state index contributed by atoms with van der Waals surface area (Å²) in [7, 11) is 0. The van der Waals surface area contributed by atoms with Crippen LogP contribution in [-0.4, -0.2) is 110 Å². The van der Waals surface area contributed by atoms with Crippen LogP contribution in [0.2, 0.25) is 0 Å². The van der Waals surface area contributed by atoms with Crippen LogP contribution in [0.4, 0.5) is 0 Å². The quantitative estimate of drug-likeness (QED) is 0.0595. The fourth-order valence-corrected chi connectivity index (χ4v) is 7.98. The summed E-state index contributed by atoms with van der Waals surface area (Å²) >= 11 is 0. The Hall–Kier alpha value is -4.00. The standard InChI is InChI=1S/C38H40O6.C10H18O2.C5H10O2/c1-37(2,27-8-14-31(15-9-27)39-20-34-23-42-34)26-4-6-28(7-5-26)38(3,29-10-16-32(17-11-29)40-21-35-24-43-35)30-12-18-33(19-13-30)41-22-36-25-44-36;1-2-4-9(5-3-1)6-11-7-10-8-12-10;1-2-6-3-5-4-7-5/h4-19,34-36H,20-25H2,1-3H3;9-10H,1-8H2;5H,2-4H2,1H3. The SMILES string of the molecule is C1CCC(COCC2CO2)CC1.CC(C)(c1ccc(OCC2CO2)cc1)c1ccc(C(C)(c2ccc(OCC3CO3)cc2)c2ccc(OCC3CO3)cc2)cc1.CCOCC1CO1. The molecule has 4 aromatic carbocycles. The van der Waals surface area contributed by atoms with Gasteiger partial charge in [0, 0.05) is 24.0 Å². The van der Waals surface area contributed by atoms with Gasteiger partial charge < -0.3 is 47.4 Å². The van der Waals surface area contributed by atoms with Crippen LogP contribution >= 0.6 is 0 Å². The maximum absolute atomic E-state index is 5.94. The van der Waals surface area contributed by atoms with E-state index < -0.39 is 5.41 Å². The van der Waals surface area contributed by atoms with Crippen LogP contribution in [-0.2, 0) is 44.0 Å². The molecule has 1 aliphatic carbocycles. The molecule has 5 saturated heterocycles. The van der Waals surface area contributed by atoms with Crippen molar-refractivity contribution < 1.29 is 47.4 Å². The van der Waals surface area contributed by atoms with Crippen molar-refractivity contribution in [3.63, 3.8) is 0 Å². The third-order valence-corrected chi connectivity index (χ3v) is 12.8. The molecule has 10 heteroatoms. The summed E-state index contributed by atoms with van der Waals surface area (Å²) < 4.78 is 54.2. The molecule has 0 aromatic heterocycles. The fourth-order valence-electron chi connectivity index (χ4n) is 7.98. The molecule has 6 aliphatic rings. The van der Waals surface area contributed by atoms with E-state index in [4.69, 9.17) is 47.4 Å². The number of hydrogen-bond donors (Lipinski definition) is 0. The van der Waals surface area contributed by atoms with Crippen LogP contribution in [0.25, 0.3) is 0 Å². The van der Waals surface area contributed by atoms with E-state index in [0.29, 0.717) is 32.0 Å². The average molecular weight is 865 g/mol. The first-order valence-electron chi connectivity index (χ1n) is 23.3. The van der Waals surface area contributed by atoms with Crippen molar-refractivity contribution in [1.82, 2.24) is 0 Å². The molecule has 0 bridgehead atoms. The van der Waals surface area contributed by atoms with Crippen molar-refractivity contribution in [2.75, 3.05) is 79.3 Å². The number of rotatable bonds is 21. The molecule has 4 aromatic rings. The molecule has 63 heavy (non-hydrogen) atoms. The third-order valence-electron chi connectivity index (χ3n) is 12.8.